The topological polar surface area (TPSA) is 97.4 Å². The molecule has 7 heteroatoms. The van der Waals surface area contributed by atoms with E-state index < -0.39 is 4.92 Å². The molecular weight excluding hydrogens is 310 g/mol. The van der Waals surface area contributed by atoms with Gasteiger partial charge in [0.2, 0.25) is 0 Å². The molecule has 24 heavy (non-hydrogen) atoms. The van der Waals surface area contributed by atoms with Gasteiger partial charge in [0, 0.05) is 36.3 Å². The third-order valence-electron chi connectivity index (χ3n) is 3.47. The van der Waals surface area contributed by atoms with Crippen LogP contribution in [0.2, 0.25) is 0 Å². The van der Waals surface area contributed by atoms with E-state index in [0.717, 1.165) is 11.1 Å². The van der Waals surface area contributed by atoms with E-state index >= 15 is 0 Å². The molecule has 0 unspecified atom stereocenters. The lowest BCUT2D eigenvalue weighted by atomic mass is 10.2. The van der Waals surface area contributed by atoms with Gasteiger partial charge in [-0.25, -0.2) is 0 Å². The van der Waals surface area contributed by atoms with E-state index in [4.69, 9.17) is 4.42 Å². The second-order valence-corrected chi connectivity index (χ2v) is 5.14. The summed E-state index contributed by atoms with van der Waals surface area (Å²) in [5.41, 5.74) is 1.46. The maximum absolute atomic E-state index is 12.0. The lowest BCUT2D eigenvalue weighted by Gasteiger charge is -2.06. The van der Waals surface area contributed by atoms with Gasteiger partial charge in [0.1, 0.15) is 5.58 Å². The highest BCUT2D eigenvalue weighted by atomic mass is 16.6. The molecule has 0 aliphatic carbocycles. The fourth-order valence-electron chi connectivity index (χ4n) is 2.26. The predicted octanol–water partition coefficient (Wildman–Crippen LogP) is 3.18. The van der Waals surface area contributed by atoms with Gasteiger partial charge in [-0.2, -0.15) is 0 Å². The summed E-state index contributed by atoms with van der Waals surface area (Å²) in [5, 5.41) is 17.3. The number of rotatable bonds is 6. The number of hydrogen-bond acceptors (Lipinski definition) is 5. The van der Waals surface area contributed by atoms with Crippen molar-refractivity contribution in [3.63, 3.8) is 0 Å². The van der Waals surface area contributed by atoms with Gasteiger partial charge < -0.3 is 15.1 Å². The van der Waals surface area contributed by atoms with Crippen LogP contribution in [-0.4, -0.2) is 23.9 Å². The fourth-order valence-corrected chi connectivity index (χ4v) is 2.26. The van der Waals surface area contributed by atoms with E-state index in [2.05, 4.69) is 10.6 Å². The number of nitrogens with zero attached hydrogens (tertiary/aromatic N) is 1. The average molecular weight is 325 g/mol. The molecule has 3 aromatic rings. The highest BCUT2D eigenvalue weighted by Crippen LogP contribution is 2.18. The van der Waals surface area contributed by atoms with E-state index in [0.29, 0.717) is 18.7 Å². The number of benzene rings is 2. The second kappa shape index (κ2) is 6.82. The van der Waals surface area contributed by atoms with Gasteiger partial charge in [-0.1, -0.05) is 18.2 Å². The smallest absolute Gasteiger partial charge is 0.287 e. The number of anilines is 1. The Bertz CT molecular complexity index is 838. The van der Waals surface area contributed by atoms with Crippen molar-refractivity contribution in [3.05, 3.63) is 70.5 Å². The molecule has 0 spiro atoms. The molecule has 3 rings (SSSR count). The Morgan fingerprint density at radius 3 is 2.54 bits per heavy atom. The summed E-state index contributed by atoms with van der Waals surface area (Å²) in [5.74, 6) is -0.0109. The van der Waals surface area contributed by atoms with E-state index in [-0.39, 0.29) is 17.4 Å². The number of non-ortho nitro benzene ring substituents is 1. The zero-order valence-corrected chi connectivity index (χ0v) is 12.7. The van der Waals surface area contributed by atoms with Crippen LogP contribution in [0.4, 0.5) is 11.4 Å². The largest absolute Gasteiger partial charge is 0.451 e. The number of nitro benzene ring substituents is 1. The lowest BCUT2D eigenvalue weighted by Crippen LogP contribution is -2.28. The third-order valence-corrected chi connectivity index (χ3v) is 3.47. The maximum atomic E-state index is 12.0. The molecule has 2 aromatic carbocycles. The molecular formula is C17H15N3O4. The van der Waals surface area contributed by atoms with Crippen molar-refractivity contribution in [2.75, 3.05) is 18.4 Å². The first kappa shape index (κ1) is 15.5. The van der Waals surface area contributed by atoms with E-state index in [1.54, 1.807) is 18.2 Å². The van der Waals surface area contributed by atoms with Gasteiger partial charge in [0.05, 0.1) is 4.92 Å². The summed E-state index contributed by atoms with van der Waals surface area (Å²) in [4.78, 5) is 22.2. The Morgan fingerprint density at radius 1 is 1.08 bits per heavy atom. The summed E-state index contributed by atoms with van der Waals surface area (Å²) < 4.78 is 5.48. The van der Waals surface area contributed by atoms with Crippen LogP contribution in [0.25, 0.3) is 11.0 Å². The number of carbonyl (C=O) groups is 1. The minimum Gasteiger partial charge on any atom is -0.451 e. The number of carbonyl (C=O) groups excluding carboxylic acids is 1. The molecule has 0 saturated heterocycles. The maximum Gasteiger partial charge on any atom is 0.287 e. The minimum absolute atomic E-state index is 0.0405. The molecule has 7 nitrogen and oxygen atoms in total. The predicted molar refractivity (Wildman–Crippen MR) is 90.1 cm³/mol. The summed E-state index contributed by atoms with van der Waals surface area (Å²) >= 11 is 0. The molecule has 0 bridgehead atoms. The Balaban J connectivity index is 1.49. The van der Waals surface area contributed by atoms with Crippen molar-refractivity contribution in [2.24, 2.45) is 0 Å². The van der Waals surface area contributed by atoms with Crippen LogP contribution in [0.15, 0.2) is 59.0 Å². The second-order valence-electron chi connectivity index (χ2n) is 5.14. The number of para-hydroxylation sites is 1. The van der Waals surface area contributed by atoms with Crippen LogP contribution >= 0.6 is 0 Å². The van der Waals surface area contributed by atoms with Crippen molar-refractivity contribution in [1.82, 2.24) is 5.32 Å². The summed E-state index contributed by atoms with van der Waals surface area (Å²) in [6.07, 6.45) is 0. The lowest BCUT2D eigenvalue weighted by molar-refractivity contribution is -0.384. The number of amides is 1. The van der Waals surface area contributed by atoms with Crippen molar-refractivity contribution < 1.29 is 14.1 Å². The normalized spacial score (nSPS) is 10.5. The fraction of sp³-hybridized carbons (Fsp3) is 0.118. The van der Waals surface area contributed by atoms with Gasteiger partial charge >= 0.3 is 0 Å². The van der Waals surface area contributed by atoms with Gasteiger partial charge in [-0.3, -0.25) is 14.9 Å². The average Bonchev–Trinajstić information content (AvgIpc) is 3.03. The highest BCUT2D eigenvalue weighted by Gasteiger charge is 2.11. The SMILES string of the molecule is O=C(NCCNc1ccc([N+](=O)[O-])cc1)c1cc2ccccc2o1. The molecule has 122 valence electrons. The zero-order chi connectivity index (χ0) is 16.9. The summed E-state index contributed by atoms with van der Waals surface area (Å²) in [6.45, 7) is 0.886. The first-order chi connectivity index (χ1) is 11.6. The van der Waals surface area contributed by atoms with Crippen LogP contribution in [0.3, 0.4) is 0 Å². The Morgan fingerprint density at radius 2 is 1.83 bits per heavy atom. The number of nitrogens with one attached hydrogen (secondary N) is 2. The van der Waals surface area contributed by atoms with Crippen LogP contribution < -0.4 is 10.6 Å². The molecule has 1 heterocycles. The molecule has 0 aliphatic rings. The molecule has 1 amide bonds. The van der Waals surface area contributed by atoms with Gasteiger partial charge in [0.15, 0.2) is 5.76 Å². The first-order valence-electron chi connectivity index (χ1n) is 7.38. The zero-order valence-electron chi connectivity index (χ0n) is 12.7. The Hall–Kier alpha value is -3.35. The number of furan rings is 1. The highest BCUT2D eigenvalue weighted by molar-refractivity contribution is 5.96. The van der Waals surface area contributed by atoms with E-state index in [1.165, 1.54) is 12.1 Å². The van der Waals surface area contributed by atoms with Crippen molar-refractivity contribution >= 4 is 28.3 Å². The van der Waals surface area contributed by atoms with E-state index in [9.17, 15) is 14.9 Å². The quantitative estimate of drug-likeness (QED) is 0.412. The van der Waals surface area contributed by atoms with Gasteiger partial charge in [-0.05, 0) is 24.3 Å². The molecule has 2 N–H and O–H groups in total. The minimum atomic E-state index is -0.447. The molecule has 1 aromatic heterocycles. The van der Waals surface area contributed by atoms with Gasteiger partial charge in [0.25, 0.3) is 11.6 Å². The molecule has 0 atom stereocenters. The molecule has 0 saturated carbocycles. The van der Waals surface area contributed by atoms with Crippen LogP contribution in [0, 0.1) is 10.1 Å². The number of fused-ring (bicyclic) bond motifs is 1. The van der Waals surface area contributed by atoms with Crippen molar-refractivity contribution in [2.45, 2.75) is 0 Å². The van der Waals surface area contributed by atoms with Crippen LogP contribution in [-0.2, 0) is 0 Å². The molecule has 0 aliphatic heterocycles. The molecule has 0 radical (unpaired) electrons. The van der Waals surface area contributed by atoms with Crippen LogP contribution in [0.5, 0.6) is 0 Å². The monoisotopic (exact) mass is 325 g/mol. The number of nitro groups is 1. The summed E-state index contributed by atoms with van der Waals surface area (Å²) in [7, 11) is 0. The van der Waals surface area contributed by atoms with Gasteiger partial charge in [-0.15, -0.1) is 0 Å². The first-order valence-corrected chi connectivity index (χ1v) is 7.38. The molecule has 0 fully saturated rings. The van der Waals surface area contributed by atoms with E-state index in [1.807, 2.05) is 24.3 Å². The van der Waals surface area contributed by atoms with Crippen molar-refractivity contribution in [1.29, 1.82) is 0 Å². The summed E-state index contributed by atoms with van der Waals surface area (Å²) in [6, 6.07) is 15.2. The third kappa shape index (κ3) is 3.52. The number of hydrogen-bond donors (Lipinski definition) is 2. The Kier molecular flexibility index (Phi) is 4.42. The van der Waals surface area contributed by atoms with Crippen molar-refractivity contribution in [3.8, 4) is 0 Å². The Labute approximate surface area is 137 Å². The van der Waals surface area contributed by atoms with Crippen LogP contribution in [0.1, 0.15) is 10.6 Å². The standard InChI is InChI=1S/C17H15N3O4/c21-17(16-11-12-3-1-2-4-15(12)24-16)19-10-9-18-13-5-7-14(8-6-13)20(22)23/h1-8,11,18H,9-10H2,(H,19,21).